The lowest BCUT2D eigenvalue weighted by Crippen LogP contribution is -2.41. The average molecular weight is 448 g/mol. The van der Waals surface area contributed by atoms with Crippen LogP contribution in [0.3, 0.4) is 0 Å². The van der Waals surface area contributed by atoms with E-state index < -0.39 is 22.0 Å². The largest absolute Gasteiger partial charge is 0.493 e. The fourth-order valence-electron chi connectivity index (χ4n) is 4.44. The molecular formula is C23H29NO6S. The van der Waals surface area contributed by atoms with Gasteiger partial charge in [0, 0.05) is 6.54 Å². The monoisotopic (exact) mass is 447 g/mol. The summed E-state index contributed by atoms with van der Waals surface area (Å²) < 4.78 is 44.8. The molecule has 0 unspecified atom stereocenters. The Hall–Kier alpha value is -2.58. The van der Waals surface area contributed by atoms with Gasteiger partial charge in [-0.2, -0.15) is 4.31 Å². The molecule has 7 nitrogen and oxygen atoms in total. The molecule has 8 heteroatoms. The number of nitrogens with zero attached hydrogens (tertiary/aromatic N) is 1. The van der Waals surface area contributed by atoms with E-state index in [9.17, 15) is 13.2 Å². The summed E-state index contributed by atoms with van der Waals surface area (Å²) >= 11 is 0. The number of esters is 1. The number of carbonyl (C=O) groups excluding carboxylic acids is 1. The van der Waals surface area contributed by atoms with E-state index in [1.165, 1.54) is 18.5 Å². The van der Waals surface area contributed by atoms with Crippen molar-refractivity contribution in [2.75, 3.05) is 27.9 Å². The predicted molar refractivity (Wildman–Crippen MR) is 117 cm³/mol. The van der Waals surface area contributed by atoms with Crippen LogP contribution in [0, 0.1) is 20.8 Å². The molecular weight excluding hydrogens is 418 g/mol. The molecule has 0 amide bonds. The lowest BCUT2D eigenvalue weighted by molar-refractivity contribution is -0.141. The van der Waals surface area contributed by atoms with Gasteiger partial charge in [0.2, 0.25) is 10.0 Å². The molecule has 0 radical (unpaired) electrons. The van der Waals surface area contributed by atoms with Crippen LogP contribution in [0.15, 0.2) is 29.2 Å². The second kappa shape index (κ2) is 8.88. The summed E-state index contributed by atoms with van der Waals surface area (Å²) in [5.41, 5.74) is 4.02. The van der Waals surface area contributed by atoms with Gasteiger partial charge in [0.05, 0.1) is 38.7 Å². The van der Waals surface area contributed by atoms with Gasteiger partial charge in [0.1, 0.15) is 0 Å². The topological polar surface area (TPSA) is 82.1 Å². The normalized spacial score (nSPS) is 16.5. The maximum atomic E-state index is 13.8. The Morgan fingerprint density at radius 1 is 1.00 bits per heavy atom. The third-order valence-electron chi connectivity index (χ3n) is 5.71. The molecule has 168 valence electrons. The molecule has 0 N–H and O–H groups in total. The maximum Gasteiger partial charge on any atom is 0.307 e. The van der Waals surface area contributed by atoms with Crippen LogP contribution in [-0.4, -0.2) is 46.6 Å². The lowest BCUT2D eigenvalue weighted by Gasteiger charge is -2.37. The Morgan fingerprint density at radius 2 is 1.58 bits per heavy atom. The van der Waals surface area contributed by atoms with Crippen LogP contribution in [0.4, 0.5) is 0 Å². The van der Waals surface area contributed by atoms with Gasteiger partial charge in [-0.15, -0.1) is 0 Å². The van der Waals surface area contributed by atoms with E-state index in [2.05, 4.69) is 0 Å². The first-order valence-corrected chi connectivity index (χ1v) is 11.5. The zero-order chi connectivity index (χ0) is 22.9. The van der Waals surface area contributed by atoms with Gasteiger partial charge in [-0.1, -0.05) is 17.7 Å². The summed E-state index contributed by atoms with van der Waals surface area (Å²) in [7, 11) is 0.510. The molecule has 0 saturated carbocycles. The van der Waals surface area contributed by atoms with Crippen molar-refractivity contribution in [3.05, 3.63) is 52.1 Å². The van der Waals surface area contributed by atoms with E-state index in [0.29, 0.717) is 29.0 Å². The molecule has 0 bridgehead atoms. The number of rotatable bonds is 6. The van der Waals surface area contributed by atoms with E-state index in [1.54, 1.807) is 27.0 Å². The Labute approximate surface area is 184 Å². The van der Waals surface area contributed by atoms with Crippen LogP contribution in [0.5, 0.6) is 11.5 Å². The van der Waals surface area contributed by atoms with Gasteiger partial charge in [-0.05, 0) is 61.6 Å². The maximum absolute atomic E-state index is 13.8. The number of carbonyl (C=O) groups is 1. The lowest BCUT2D eigenvalue weighted by atomic mass is 9.91. The van der Waals surface area contributed by atoms with Crippen molar-refractivity contribution in [3.8, 4) is 11.5 Å². The molecule has 0 fully saturated rings. The van der Waals surface area contributed by atoms with Crippen LogP contribution in [0.2, 0.25) is 0 Å². The summed E-state index contributed by atoms with van der Waals surface area (Å²) in [6, 6.07) is 6.63. The van der Waals surface area contributed by atoms with Gasteiger partial charge in [0.25, 0.3) is 0 Å². The van der Waals surface area contributed by atoms with Gasteiger partial charge in [-0.3, -0.25) is 4.79 Å². The van der Waals surface area contributed by atoms with Crippen LogP contribution >= 0.6 is 0 Å². The molecule has 3 rings (SSSR count). The number of hydrogen-bond acceptors (Lipinski definition) is 6. The highest BCUT2D eigenvalue weighted by atomic mass is 32.2. The van der Waals surface area contributed by atoms with Crippen LogP contribution in [0.25, 0.3) is 0 Å². The highest BCUT2D eigenvalue weighted by molar-refractivity contribution is 7.89. The van der Waals surface area contributed by atoms with Crippen molar-refractivity contribution >= 4 is 16.0 Å². The number of hydrogen-bond donors (Lipinski definition) is 0. The van der Waals surface area contributed by atoms with E-state index in [0.717, 1.165) is 16.7 Å². The van der Waals surface area contributed by atoms with Gasteiger partial charge >= 0.3 is 5.97 Å². The average Bonchev–Trinajstić information content (AvgIpc) is 2.71. The SMILES string of the molecule is COC(=O)C[C@H]1c2cc(OC)c(OC)cc2CCN1S(=O)(=O)c1c(C)cc(C)cc1C. The summed E-state index contributed by atoms with van der Waals surface area (Å²) in [6.07, 6.45) is 0.402. The number of methoxy groups -OCH3 is 3. The molecule has 31 heavy (non-hydrogen) atoms. The highest BCUT2D eigenvalue weighted by Gasteiger charge is 2.39. The van der Waals surface area contributed by atoms with E-state index in [1.807, 2.05) is 25.1 Å². The van der Waals surface area contributed by atoms with E-state index in [-0.39, 0.29) is 17.9 Å². The van der Waals surface area contributed by atoms with E-state index >= 15 is 0 Å². The van der Waals surface area contributed by atoms with Crippen molar-refractivity contribution in [1.29, 1.82) is 0 Å². The first-order valence-electron chi connectivity index (χ1n) is 10.0. The van der Waals surface area contributed by atoms with Gasteiger partial charge in [0.15, 0.2) is 11.5 Å². The number of ether oxygens (including phenoxy) is 3. The quantitative estimate of drug-likeness (QED) is 0.631. The molecule has 2 aromatic carbocycles. The molecule has 1 heterocycles. The van der Waals surface area contributed by atoms with Crippen LogP contribution in [-0.2, 0) is 26.0 Å². The zero-order valence-corrected chi connectivity index (χ0v) is 19.6. The van der Waals surface area contributed by atoms with Crippen molar-refractivity contribution in [2.24, 2.45) is 0 Å². The smallest absolute Gasteiger partial charge is 0.307 e. The van der Waals surface area contributed by atoms with Crippen molar-refractivity contribution in [2.45, 2.75) is 44.6 Å². The Balaban J connectivity index is 2.18. The second-order valence-electron chi connectivity index (χ2n) is 7.80. The summed E-state index contributed by atoms with van der Waals surface area (Å²) in [5.74, 6) is 0.572. The summed E-state index contributed by atoms with van der Waals surface area (Å²) in [6.45, 7) is 5.79. The molecule has 0 spiro atoms. The number of sulfonamides is 1. The molecule has 0 saturated heterocycles. The third kappa shape index (κ3) is 4.27. The Kier molecular flexibility index (Phi) is 6.62. The minimum absolute atomic E-state index is 0.0951. The summed E-state index contributed by atoms with van der Waals surface area (Å²) in [4.78, 5) is 12.5. The van der Waals surface area contributed by atoms with Crippen molar-refractivity contribution in [3.63, 3.8) is 0 Å². The first-order chi connectivity index (χ1) is 14.6. The fraction of sp³-hybridized carbons (Fsp3) is 0.435. The first kappa shape index (κ1) is 23.1. The molecule has 1 atom stereocenters. The van der Waals surface area contributed by atoms with Crippen LogP contribution < -0.4 is 9.47 Å². The number of benzene rings is 2. The summed E-state index contributed by atoms with van der Waals surface area (Å²) in [5, 5.41) is 0. The predicted octanol–water partition coefficient (Wildman–Crippen LogP) is 3.48. The molecule has 2 aromatic rings. The standard InChI is InChI=1S/C23H29NO6S/c1-14-9-15(2)23(16(3)10-14)31(26,27)24-8-7-17-11-20(28-4)21(29-5)12-18(17)19(24)13-22(25)30-6/h9-12,19H,7-8,13H2,1-6H3/t19-/m0/s1. The van der Waals surface area contributed by atoms with E-state index in [4.69, 9.17) is 14.2 Å². The minimum Gasteiger partial charge on any atom is -0.493 e. The van der Waals surface area contributed by atoms with Gasteiger partial charge in [-0.25, -0.2) is 8.42 Å². The third-order valence-corrected chi connectivity index (χ3v) is 7.93. The zero-order valence-electron chi connectivity index (χ0n) is 18.8. The highest BCUT2D eigenvalue weighted by Crippen LogP contribution is 2.42. The number of fused-ring (bicyclic) bond motifs is 1. The Morgan fingerprint density at radius 3 is 2.13 bits per heavy atom. The van der Waals surface area contributed by atoms with Crippen molar-refractivity contribution < 1.29 is 27.4 Å². The van der Waals surface area contributed by atoms with Crippen LogP contribution in [0.1, 0.15) is 40.3 Å². The molecule has 0 aromatic heterocycles. The Bertz CT molecular complexity index is 1090. The molecule has 0 aliphatic carbocycles. The van der Waals surface area contributed by atoms with Gasteiger partial charge < -0.3 is 14.2 Å². The van der Waals surface area contributed by atoms with Crippen molar-refractivity contribution in [1.82, 2.24) is 4.31 Å². The fourth-order valence-corrected chi connectivity index (χ4v) is 6.46. The minimum atomic E-state index is -3.87. The second-order valence-corrected chi connectivity index (χ2v) is 9.62. The molecule has 1 aliphatic heterocycles. The number of aryl methyl sites for hydroxylation is 3. The molecule has 1 aliphatic rings.